The number of thiazole rings is 1. The van der Waals surface area contributed by atoms with Crippen LogP contribution in [0.15, 0.2) is 114 Å². The van der Waals surface area contributed by atoms with Gasteiger partial charge >= 0.3 is 6.01 Å². The van der Waals surface area contributed by atoms with E-state index in [2.05, 4.69) is 30.2 Å². The summed E-state index contributed by atoms with van der Waals surface area (Å²) in [5.74, 6) is 0.617. The molecule has 0 saturated carbocycles. The number of aromatic nitrogens is 6. The highest BCUT2D eigenvalue weighted by molar-refractivity contribution is 7.16. The number of hydrogen-bond donors (Lipinski definition) is 1. The molecule has 0 bridgehead atoms. The molecule has 0 saturated heterocycles. The van der Waals surface area contributed by atoms with Crippen molar-refractivity contribution in [2.24, 2.45) is 0 Å². The number of rotatable bonds is 8. The third-order valence-corrected chi connectivity index (χ3v) is 7.90. The summed E-state index contributed by atoms with van der Waals surface area (Å²) >= 11 is 1.46. The van der Waals surface area contributed by atoms with Crippen molar-refractivity contribution in [1.29, 1.82) is 0 Å². The lowest BCUT2D eigenvalue weighted by Gasteiger charge is -2.22. The number of para-hydroxylation sites is 1. The van der Waals surface area contributed by atoms with Crippen molar-refractivity contribution in [2.75, 3.05) is 5.32 Å². The largest absolute Gasteiger partial charge is 0.459 e. The molecule has 10 heteroatoms. The molecular weight excluding hydrogens is 558 g/mol. The maximum absolute atomic E-state index is 14.4. The van der Waals surface area contributed by atoms with Gasteiger partial charge in [0.15, 0.2) is 5.82 Å². The Hall–Kier alpha value is -5.48. The van der Waals surface area contributed by atoms with Gasteiger partial charge in [-0.1, -0.05) is 66.7 Å². The van der Waals surface area contributed by atoms with Crippen LogP contribution < -0.4 is 15.6 Å². The van der Waals surface area contributed by atoms with E-state index in [0.717, 1.165) is 38.3 Å². The number of hydrogen-bond acceptors (Lipinski definition) is 9. The van der Waals surface area contributed by atoms with Gasteiger partial charge in [-0.05, 0) is 41.6 Å². The van der Waals surface area contributed by atoms with E-state index in [1.807, 2.05) is 91.9 Å². The summed E-state index contributed by atoms with van der Waals surface area (Å²) in [5.41, 5.74) is 6.34. The molecule has 0 radical (unpaired) electrons. The minimum atomic E-state index is -0.287. The molecule has 0 spiro atoms. The highest BCUT2D eigenvalue weighted by atomic mass is 32.1. The third-order valence-electron chi connectivity index (χ3n) is 7.17. The Morgan fingerprint density at radius 2 is 1.65 bits per heavy atom. The number of anilines is 1. The molecule has 210 valence electrons. The summed E-state index contributed by atoms with van der Waals surface area (Å²) < 4.78 is 7.53. The van der Waals surface area contributed by atoms with E-state index in [4.69, 9.17) is 4.74 Å². The SMILES string of the molecule is C[C@H](Nc1ncnc2scnc12)c1cc2cccc(-c3cnc(OCc4ccccc4)nc3)c2c(=O)n1-c1ccccc1. The van der Waals surface area contributed by atoms with Crippen LogP contribution in [0.1, 0.15) is 24.2 Å². The van der Waals surface area contributed by atoms with Gasteiger partial charge in [0.25, 0.3) is 5.56 Å². The van der Waals surface area contributed by atoms with E-state index in [9.17, 15) is 4.79 Å². The molecule has 4 heterocycles. The maximum Gasteiger partial charge on any atom is 0.316 e. The first kappa shape index (κ1) is 26.4. The topological polar surface area (TPSA) is 108 Å². The van der Waals surface area contributed by atoms with Crippen molar-refractivity contribution in [3.05, 3.63) is 131 Å². The Balaban J connectivity index is 1.30. The zero-order chi connectivity index (χ0) is 29.2. The molecule has 43 heavy (non-hydrogen) atoms. The average molecular weight is 584 g/mol. The number of nitrogens with one attached hydrogen (secondary N) is 1. The quantitative estimate of drug-likeness (QED) is 0.213. The molecule has 7 aromatic rings. The zero-order valence-corrected chi connectivity index (χ0v) is 23.9. The normalized spacial score (nSPS) is 11.9. The minimum Gasteiger partial charge on any atom is -0.459 e. The van der Waals surface area contributed by atoms with Crippen molar-refractivity contribution < 1.29 is 4.74 Å². The van der Waals surface area contributed by atoms with Crippen molar-refractivity contribution in [3.63, 3.8) is 0 Å². The van der Waals surface area contributed by atoms with Crippen molar-refractivity contribution >= 4 is 38.3 Å². The molecule has 4 aromatic heterocycles. The van der Waals surface area contributed by atoms with Crippen molar-refractivity contribution in [1.82, 2.24) is 29.5 Å². The Morgan fingerprint density at radius 3 is 2.44 bits per heavy atom. The molecule has 0 unspecified atom stereocenters. The fraction of sp³-hybridized carbons (Fsp3) is 0.0909. The van der Waals surface area contributed by atoms with Crippen LogP contribution in [0.3, 0.4) is 0 Å². The van der Waals surface area contributed by atoms with Gasteiger partial charge in [0.05, 0.1) is 16.9 Å². The minimum absolute atomic E-state index is 0.145. The molecule has 0 fully saturated rings. The van der Waals surface area contributed by atoms with Gasteiger partial charge < -0.3 is 10.1 Å². The van der Waals surface area contributed by atoms with Gasteiger partial charge in [-0.2, -0.15) is 0 Å². The van der Waals surface area contributed by atoms with Crippen LogP contribution in [0.2, 0.25) is 0 Å². The highest BCUT2D eigenvalue weighted by Gasteiger charge is 2.20. The number of benzene rings is 3. The maximum atomic E-state index is 14.4. The first-order chi connectivity index (χ1) is 21.2. The van der Waals surface area contributed by atoms with E-state index in [1.54, 1.807) is 22.5 Å². The number of fused-ring (bicyclic) bond motifs is 2. The fourth-order valence-corrected chi connectivity index (χ4v) is 5.74. The van der Waals surface area contributed by atoms with Gasteiger partial charge in [0, 0.05) is 29.3 Å². The second-order valence-electron chi connectivity index (χ2n) is 9.94. The van der Waals surface area contributed by atoms with Gasteiger partial charge in [-0.3, -0.25) is 9.36 Å². The predicted octanol–water partition coefficient (Wildman–Crippen LogP) is 6.60. The smallest absolute Gasteiger partial charge is 0.316 e. The molecule has 0 aliphatic rings. The fourth-order valence-electron chi connectivity index (χ4n) is 5.12. The molecule has 9 nitrogen and oxygen atoms in total. The van der Waals surface area contributed by atoms with Gasteiger partial charge in [-0.15, -0.1) is 11.3 Å². The van der Waals surface area contributed by atoms with Crippen molar-refractivity contribution in [2.45, 2.75) is 19.6 Å². The first-order valence-electron chi connectivity index (χ1n) is 13.7. The van der Waals surface area contributed by atoms with E-state index >= 15 is 0 Å². The van der Waals surface area contributed by atoms with Gasteiger partial charge in [0.1, 0.15) is 23.3 Å². The number of ether oxygens (including phenoxy) is 1. The van der Waals surface area contributed by atoms with E-state index in [-0.39, 0.29) is 17.6 Å². The average Bonchev–Trinajstić information content (AvgIpc) is 3.55. The number of pyridine rings is 1. The van der Waals surface area contributed by atoms with Crippen LogP contribution in [0.25, 0.3) is 37.9 Å². The molecule has 3 aromatic carbocycles. The lowest BCUT2D eigenvalue weighted by Crippen LogP contribution is -2.26. The molecule has 1 atom stereocenters. The second-order valence-corrected chi connectivity index (χ2v) is 10.8. The zero-order valence-electron chi connectivity index (χ0n) is 23.1. The Labute approximate surface area is 250 Å². The number of nitrogens with zero attached hydrogens (tertiary/aromatic N) is 6. The summed E-state index contributed by atoms with van der Waals surface area (Å²) in [6.07, 6.45) is 4.91. The Bertz CT molecular complexity index is 2100. The summed E-state index contributed by atoms with van der Waals surface area (Å²) in [4.78, 5) is 37.3. The Kier molecular flexibility index (Phi) is 7.02. The summed E-state index contributed by atoms with van der Waals surface area (Å²) in [6, 6.07) is 27.3. The molecule has 0 aliphatic carbocycles. The first-order valence-corrected chi connectivity index (χ1v) is 14.6. The third kappa shape index (κ3) is 5.20. The van der Waals surface area contributed by atoms with Crippen LogP contribution in [0, 0.1) is 0 Å². The second kappa shape index (κ2) is 11.4. The highest BCUT2D eigenvalue weighted by Crippen LogP contribution is 2.31. The van der Waals surface area contributed by atoms with Crippen LogP contribution in [0.5, 0.6) is 6.01 Å². The predicted molar refractivity (Wildman–Crippen MR) is 169 cm³/mol. The summed E-state index contributed by atoms with van der Waals surface area (Å²) in [6.45, 7) is 2.38. The summed E-state index contributed by atoms with van der Waals surface area (Å²) in [7, 11) is 0. The molecular formula is C33H25N7O2S. The van der Waals surface area contributed by atoms with Gasteiger partial charge in [0.2, 0.25) is 0 Å². The van der Waals surface area contributed by atoms with E-state index in [1.165, 1.54) is 17.7 Å². The Morgan fingerprint density at radius 1 is 0.884 bits per heavy atom. The standard InChI is InChI=1S/C33H25N7O2S/c1-21(39-30-29-31(37-19-36-30)43-20-38-29)27-15-23-11-8-14-26(28(23)32(41)40(27)25-12-6-3-7-13-25)24-16-34-33(35-17-24)42-18-22-9-4-2-5-10-22/h2-17,19-21H,18H2,1H3,(H,36,37,39)/t21-/m0/s1. The molecule has 1 N–H and O–H groups in total. The van der Waals surface area contributed by atoms with Crippen LogP contribution in [-0.4, -0.2) is 29.5 Å². The van der Waals surface area contributed by atoms with Crippen molar-refractivity contribution in [3.8, 4) is 22.8 Å². The van der Waals surface area contributed by atoms with Gasteiger partial charge in [-0.25, -0.2) is 24.9 Å². The lowest BCUT2D eigenvalue weighted by atomic mass is 9.99. The van der Waals surface area contributed by atoms with Crippen LogP contribution in [0.4, 0.5) is 5.82 Å². The van der Waals surface area contributed by atoms with Crippen LogP contribution >= 0.6 is 11.3 Å². The molecule has 7 rings (SSSR count). The van der Waals surface area contributed by atoms with E-state index < -0.39 is 0 Å². The van der Waals surface area contributed by atoms with Crippen LogP contribution in [-0.2, 0) is 6.61 Å². The van der Waals surface area contributed by atoms with E-state index in [0.29, 0.717) is 23.3 Å². The lowest BCUT2D eigenvalue weighted by molar-refractivity contribution is 0.281. The monoisotopic (exact) mass is 583 g/mol. The summed E-state index contributed by atoms with van der Waals surface area (Å²) in [5, 5.41) is 4.85. The molecule has 0 aliphatic heterocycles. The molecule has 0 amide bonds.